The number of carbonyl (C=O) groups is 2. The topological polar surface area (TPSA) is 52.6 Å². The van der Waals surface area contributed by atoms with Gasteiger partial charge < -0.3 is 9.47 Å². The Morgan fingerprint density at radius 3 is 1.59 bits per heavy atom. The molecule has 0 radical (unpaired) electrons. The highest BCUT2D eigenvalue weighted by Crippen LogP contribution is 2.32. The predicted molar refractivity (Wildman–Crippen MR) is 82.4 cm³/mol. The molecule has 4 heteroatoms. The summed E-state index contributed by atoms with van der Waals surface area (Å²) in [6.45, 7) is 2.63. The zero-order valence-electron chi connectivity index (χ0n) is 12.7. The summed E-state index contributed by atoms with van der Waals surface area (Å²) in [5.41, 5.74) is 1.38. The van der Waals surface area contributed by atoms with Gasteiger partial charge in [-0.3, -0.25) is 9.59 Å². The lowest BCUT2D eigenvalue weighted by atomic mass is 9.95. The smallest absolute Gasteiger partial charge is 0.303 e. The number of hydrogen-bond acceptors (Lipinski definition) is 4. The summed E-state index contributed by atoms with van der Waals surface area (Å²) in [4.78, 5) is 22.6. The lowest BCUT2D eigenvalue weighted by Gasteiger charge is -2.23. The van der Waals surface area contributed by atoms with Crippen LogP contribution >= 0.6 is 0 Å². The van der Waals surface area contributed by atoms with Crippen molar-refractivity contribution in [1.82, 2.24) is 0 Å². The van der Waals surface area contributed by atoms with Crippen LogP contribution in [0, 0.1) is 24.7 Å². The molecule has 0 bridgehead atoms. The third-order valence-electron chi connectivity index (χ3n) is 2.91. The summed E-state index contributed by atoms with van der Waals surface area (Å²) < 4.78 is 10.6. The summed E-state index contributed by atoms with van der Waals surface area (Å²) in [5.74, 6) is 4.10. The molecule has 0 amide bonds. The minimum absolute atomic E-state index is 0.222. The maximum Gasteiger partial charge on any atom is 0.303 e. The average molecular weight is 298 g/mol. The van der Waals surface area contributed by atoms with Crippen molar-refractivity contribution in [2.24, 2.45) is 0 Å². The van der Waals surface area contributed by atoms with Crippen molar-refractivity contribution >= 4 is 11.9 Å². The van der Waals surface area contributed by atoms with E-state index in [0.717, 1.165) is 0 Å². The first kappa shape index (κ1) is 17.3. The fourth-order valence-electron chi connectivity index (χ4n) is 2.14. The number of carbonyl (C=O) groups excluding carboxylic acids is 2. The van der Waals surface area contributed by atoms with Crippen LogP contribution in [-0.2, 0) is 19.1 Å². The number of terminal acetylenes is 2. The van der Waals surface area contributed by atoms with Gasteiger partial charge in [-0.15, -0.1) is 24.7 Å². The number of ether oxygens (including phenoxy) is 2. The Balaban J connectivity index is 3.24. The molecule has 1 rings (SSSR count). The highest BCUT2D eigenvalue weighted by atomic mass is 16.5. The molecule has 0 spiro atoms. The minimum atomic E-state index is -0.602. The first-order chi connectivity index (χ1) is 10.5. The van der Waals surface area contributed by atoms with Crippen LogP contribution in [0.25, 0.3) is 0 Å². The molecule has 0 heterocycles. The van der Waals surface area contributed by atoms with E-state index in [1.807, 2.05) is 0 Å². The van der Waals surface area contributed by atoms with Crippen LogP contribution in [-0.4, -0.2) is 11.9 Å². The Morgan fingerprint density at radius 2 is 1.32 bits per heavy atom. The van der Waals surface area contributed by atoms with E-state index >= 15 is 0 Å². The second-order valence-electron chi connectivity index (χ2n) is 4.64. The number of esters is 2. The maximum atomic E-state index is 11.3. The molecule has 0 saturated heterocycles. The summed E-state index contributed by atoms with van der Waals surface area (Å²) in [5, 5.41) is 0. The number of benzene rings is 1. The van der Waals surface area contributed by atoms with Crippen molar-refractivity contribution in [3.05, 3.63) is 35.4 Å². The van der Waals surface area contributed by atoms with Gasteiger partial charge in [0.05, 0.1) is 12.8 Å². The van der Waals surface area contributed by atoms with E-state index < -0.39 is 24.1 Å². The molecule has 0 aliphatic carbocycles. The number of hydrogen-bond donors (Lipinski definition) is 0. The molecule has 0 fully saturated rings. The Morgan fingerprint density at radius 1 is 0.955 bits per heavy atom. The lowest BCUT2D eigenvalue weighted by molar-refractivity contribution is -0.148. The Bertz CT molecular complexity index is 564. The molecule has 2 atom stereocenters. The van der Waals surface area contributed by atoms with Crippen LogP contribution in [0.4, 0.5) is 0 Å². The summed E-state index contributed by atoms with van der Waals surface area (Å²) in [6, 6.07) is 7.17. The van der Waals surface area contributed by atoms with Gasteiger partial charge in [0, 0.05) is 25.0 Å². The molecule has 0 unspecified atom stereocenters. The predicted octanol–water partition coefficient (Wildman–Crippen LogP) is 2.94. The SMILES string of the molecule is C#CC[C@@H](OC(C)=O)c1ccccc1[C@@H](CC#C)OC(C)=O. The Kier molecular flexibility index (Phi) is 6.73. The molecular formula is C18H18O4. The van der Waals surface area contributed by atoms with Crippen molar-refractivity contribution in [1.29, 1.82) is 0 Å². The summed E-state index contributed by atoms with van der Waals surface area (Å²) >= 11 is 0. The largest absolute Gasteiger partial charge is 0.457 e. The van der Waals surface area contributed by atoms with E-state index in [4.69, 9.17) is 22.3 Å². The standard InChI is InChI=1S/C18H18O4/c1-5-9-17(21-13(3)19)15-11-7-8-12-16(15)18(10-6-2)22-14(4)20/h1-2,7-8,11-12,17-18H,9-10H2,3-4H3/t17-,18-/m1/s1. The van der Waals surface area contributed by atoms with E-state index in [1.54, 1.807) is 24.3 Å². The molecule has 22 heavy (non-hydrogen) atoms. The molecule has 1 aromatic carbocycles. The molecule has 1 aromatic rings. The average Bonchev–Trinajstić information content (AvgIpc) is 2.45. The second-order valence-corrected chi connectivity index (χ2v) is 4.64. The Labute approximate surface area is 130 Å². The molecule has 0 saturated carbocycles. The van der Waals surface area contributed by atoms with E-state index in [9.17, 15) is 9.59 Å². The third-order valence-corrected chi connectivity index (χ3v) is 2.91. The summed E-state index contributed by atoms with van der Waals surface area (Å²) in [6.07, 6.45) is 9.94. The van der Waals surface area contributed by atoms with Gasteiger partial charge in [-0.25, -0.2) is 0 Å². The zero-order chi connectivity index (χ0) is 16.5. The van der Waals surface area contributed by atoms with Gasteiger partial charge in [0.1, 0.15) is 12.2 Å². The fourth-order valence-corrected chi connectivity index (χ4v) is 2.14. The van der Waals surface area contributed by atoms with Crippen molar-refractivity contribution in [3.63, 3.8) is 0 Å². The normalized spacial score (nSPS) is 12.4. The monoisotopic (exact) mass is 298 g/mol. The van der Waals surface area contributed by atoms with Gasteiger partial charge in [-0.05, 0) is 0 Å². The van der Waals surface area contributed by atoms with Crippen LogP contribution in [0.15, 0.2) is 24.3 Å². The fraction of sp³-hybridized carbons (Fsp3) is 0.333. The van der Waals surface area contributed by atoms with Crippen molar-refractivity contribution in [2.45, 2.75) is 38.9 Å². The van der Waals surface area contributed by atoms with Gasteiger partial charge in [0.2, 0.25) is 0 Å². The molecule has 0 aliphatic heterocycles. The molecule has 0 N–H and O–H groups in total. The number of rotatable bonds is 6. The first-order valence-electron chi connectivity index (χ1n) is 6.79. The van der Waals surface area contributed by atoms with Crippen LogP contribution < -0.4 is 0 Å². The lowest BCUT2D eigenvalue weighted by Crippen LogP contribution is -2.15. The van der Waals surface area contributed by atoms with Crippen LogP contribution in [0.1, 0.15) is 50.0 Å². The molecule has 0 aliphatic rings. The second kappa shape index (κ2) is 8.54. The molecule has 0 aromatic heterocycles. The molecule has 114 valence electrons. The van der Waals surface area contributed by atoms with Crippen LogP contribution in [0.3, 0.4) is 0 Å². The van der Waals surface area contributed by atoms with Crippen molar-refractivity contribution in [3.8, 4) is 24.7 Å². The van der Waals surface area contributed by atoms with Crippen molar-refractivity contribution < 1.29 is 19.1 Å². The van der Waals surface area contributed by atoms with Gasteiger partial charge >= 0.3 is 11.9 Å². The van der Waals surface area contributed by atoms with E-state index in [-0.39, 0.29) is 12.8 Å². The van der Waals surface area contributed by atoms with Gasteiger partial charge in [0.15, 0.2) is 0 Å². The first-order valence-corrected chi connectivity index (χ1v) is 6.79. The highest BCUT2D eigenvalue weighted by molar-refractivity contribution is 5.67. The van der Waals surface area contributed by atoms with Crippen LogP contribution in [0.2, 0.25) is 0 Å². The third kappa shape index (κ3) is 5.00. The van der Waals surface area contributed by atoms with E-state index in [0.29, 0.717) is 11.1 Å². The maximum absolute atomic E-state index is 11.3. The van der Waals surface area contributed by atoms with Gasteiger partial charge in [-0.1, -0.05) is 24.3 Å². The summed E-state index contributed by atoms with van der Waals surface area (Å²) in [7, 11) is 0. The molecular weight excluding hydrogens is 280 g/mol. The quantitative estimate of drug-likeness (QED) is 0.598. The minimum Gasteiger partial charge on any atom is -0.457 e. The zero-order valence-corrected chi connectivity index (χ0v) is 12.7. The van der Waals surface area contributed by atoms with Gasteiger partial charge in [0.25, 0.3) is 0 Å². The Hall–Kier alpha value is -2.72. The van der Waals surface area contributed by atoms with Gasteiger partial charge in [-0.2, -0.15) is 0 Å². The van der Waals surface area contributed by atoms with E-state index in [1.165, 1.54) is 13.8 Å². The van der Waals surface area contributed by atoms with E-state index in [2.05, 4.69) is 11.8 Å². The molecule has 4 nitrogen and oxygen atoms in total. The van der Waals surface area contributed by atoms with Crippen LogP contribution in [0.5, 0.6) is 0 Å². The van der Waals surface area contributed by atoms with Crippen molar-refractivity contribution in [2.75, 3.05) is 0 Å². The highest BCUT2D eigenvalue weighted by Gasteiger charge is 2.23.